The molecule has 3 heteroatoms. The predicted molar refractivity (Wildman–Crippen MR) is 36.7 cm³/mol. The second-order valence-electron chi connectivity index (χ2n) is 1.70. The van der Waals surface area contributed by atoms with Crippen molar-refractivity contribution in [3.8, 4) is 11.8 Å². The lowest BCUT2D eigenvalue weighted by atomic mass is 10.2. The zero-order chi connectivity index (χ0) is 7.56. The Morgan fingerprint density at radius 2 is 2.40 bits per heavy atom. The van der Waals surface area contributed by atoms with Crippen LogP contribution in [0.3, 0.4) is 0 Å². The van der Waals surface area contributed by atoms with Crippen molar-refractivity contribution in [3.63, 3.8) is 0 Å². The first-order valence-electron chi connectivity index (χ1n) is 2.54. The molecule has 2 nitrogen and oxygen atoms in total. The van der Waals surface area contributed by atoms with Gasteiger partial charge in [-0.1, -0.05) is 11.6 Å². The van der Waals surface area contributed by atoms with Crippen LogP contribution in [0.5, 0.6) is 5.75 Å². The fourth-order valence-corrected chi connectivity index (χ4v) is 0.701. The van der Waals surface area contributed by atoms with Gasteiger partial charge in [-0.2, -0.15) is 5.26 Å². The number of phenols is 1. The molecule has 0 aliphatic rings. The van der Waals surface area contributed by atoms with Crippen LogP contribution in [0.2, 0.25) is 5.02 Å². The first-order valence-corrected chi connectivity index (χ1v) is 2.92. The van der Waals surface area contributed by atoms with Crippen LogP contribution in [0.4, 0.5) is 0 Å². The Morgan fingerprint density at radius 3 is 2.90 bits per heavy atom. The quantitative estimate of drug-likeness (QED) is 0.615. The molecule has 0 atom stereocenters. The molecular formula is C7H3ClNO. The maximum absolute atomic E-state index is 8.83. The number of nitriles is 1. The second kappa shape index (κ2) is 2.59. The van der Waals surface area contributed by atoms with Gasteiger partial charge in [-0.25, -0.2) is 0 Å². The lowest BCUT2D eigenvalue weighted by Crippen LogP contribution is -1.75. The molecule has 0 aromatic heterocycles. The number of phenolic OH excluding ortho intramolecular Hbond substituents is 1. The SMILES string of the molecule is N#Cc1cc(O)c[c]c1Cl. The average molecular weight is 153 g/mol. The first-order chi connectivity index (χ1) is 4.74. The monoisotopic (exact) mass is 152 g/mol. The number of hydrogen-bond donors (Lipinski definition) is 1. The highest BCUT2D eigenvalue weighted by Crippen LogP contribution is 2.18. The molecule has 1 radical (unpaired) electrons. The van der Waals surface area contributed by atoms with E-state index in [-0.39, 0.29) is 16.3 Å². The van der Waals surface area contributed by atoms with Gasteiger partial charge in [0.25, 0.3) is 0 Å². The smallest absolute Gasteiger partial charge is 0.117 e. The zero-order valence-corrected chi connectivity index (χ0v) is 5.68. The number of benzene rings is 1. The van der Waals surface area contributed by atoms with Crippen molar-refractivity contribution in [3.05, 3.63) is 28.8 Å². The summed E-state index contributed by atoms with van der Waals surface area (Å²) >= 11 is 5.51. The van der Waals surface area contributed by atoms with E-state index in [9.17, 15) is 0 Å². The molecule has 0 saturated carbocycles. The molecule has 0 bridgehead atoms. The molecule has 1 N–H and O–H groups in total. The van der Waals surface area contributed by atoms with E-state index in [1.54, 1.807) is 0 Å². The molecule has 1 aromatic carbocycles. The third-order valence-corrected chi connectivity index (χ3v) is 1.31. The van der Waals surface area contributed by atoms with Gasteiger partial charge in [0.05, 0.1) is 10.6 Å². The maximum Gasteiger partial charge on any atom is 0.117 e. The lowest BCUT2D eigenvalue weighted by Gasteiger charge is -1.92. The van der Waals surface area contributed by atoms with E-state index in [2.05, 4.69) is 6.07 Å². The number of rotatable bonds is 0. The van der Waals surface area contributed by atoms with E-state index < -0.39 is 0 Å². The molecule has 1 rings (SSSR count). The number of aromatic hydroxyl groups is 1. The van der Waals surface area contributed by atoms with Gasteiger partial charge in [0.1, 0.15) is 11.8 Å². The predicted octanol–water partition coefficient (Wildman–Crippen LogP) is 1.72. The van der Waals surface area contributed by atoms with Gasteiger partial charge >= 0.3 is 0 Å². The van der Waals surface area contributed by atoms with Crippen molar-refractivity contribution in [2.24, 2.45) is 0 Å². The Kier molecular flexibility index (Phi) is 1.79. The molecule has 0 fully saturated rings. The van der Waals surface area contributed by atoms with Gasteiger partial charge in [0.2, 0.25) is 0 Å². The van der Waals surface area contributed by atoms with Crippen molar-refractivity contribution in [2.45, 2.75) is 0 Å². The Morgan fingerprint density at radius 1 is 1.70 bits per heavy atom. The molecule has 0 aliphatic heterocycles. The normalized spacial score (nSPS) is 8.80. The fraction of sp³-hybridized carbons (Fsp3) is 0. The van der Waals surface area contributed by atoms with Crippen LogP contribution in [0.25, 0.3) is 0 Å². The van der Waals surface area contributed by atoms with Crippen LogP contribution < -0.4 is 0 Å². The molecule has 49 valence electrons. The topological polar surface area (TPSA) is 44.0 Å². The summed E-state index contributed by atoms with van der Waals surface area (Å²) in [5, 5.41) is 17.4. The zero-order valence-electron chi connectivity index (χ0n) is 4.93. The highest BCUT2D eigenvalue weighted by Gasteiger charge is 1.98. The Bertz CT molecular complexity index is 290. The van der Waals surface area contributed by atoms with Crippen LogP contribution in [0.1, 0.15) is 5.56 Å². The van der Waals surface area contributed by atoms with E-state index in [1.165, 1.54) is 12.1 Å². The summed E-state index contributed by atoms with van der Waals surface area (Å²) in [6.45, 7) is 0. The lowest BCUT2D eigenvalue weighted by molar-refractivity contribution is 0.475. The van der Waals surface area contributed by atoms with Crippen LogP contribution in [0.15, 0.2) is 12.1 Å². The van der Waals surface area contributed by atoms with Gasteiger partial charge in [0.15, 0.2) is 0 Å². The van der Waals surface area contributed by atoms with E-state index in [4.69, 9.17) is 22.0 Å². The third-order valence-electron chi connectivity index (χ3n) is 0.996. The highest BCUT2D eigenvalue weighted by molar-refractivity contribution is 6.31. The summed E-state index contributed by atoms with van der Waals surface area (Å²) < 4.78 is 0. The summed E-state index contributed by atoms with van der Waals surface area (Å²) in [5.41, 5.74) is 0.238. The molecule has 0 unspecified atom stereocenters. The minimum Gasteiger partial charge on any atom is -0.508 e. The van der Waals surface area contributed by atoms with Gasteiger partial charge in [-0.15, -0.1) is 0 Å². The van der Waals surface area contributed by atoms with Crippen molar-refractivity contribution in [1.82, 2.24) is 0 Å². The number of hydrogen-bond acceptors (Lipinski definition) is 2. The van der Waals surface area contributed by atoms with Gasteiger partial charge < -0.3 is 5.11 Å². The Labute approximate surface area is 63.3 Å². The van der Waals surface area contributed by atoms with E-state index in [1.807, 2.05) is 6.07 Å². The second-order valence-corrected chi connectivity index (χ2v) is 2.08. The van der Waals surface area contributed by atoms with Crippen LogP contribution in [0, 0.1) is 17.4 Å². The minimum atomic E-state index is 0.000880. The third kappa shape index (κ3) is 1.20. The molecule has 0 heterocycles. The molecule has 10 heavy (non-hydrogen) atoms. The van der Waals surface area contributed by atoms with Crippen molar-refractivity contribution >= 4 is 11.6 Å². The number of halogens is 1. The largest absolute Gasteiger partial charge is 0.508 e. The van der Waals surface area contributed by atoms with Crippen molar-refractivity contribution in [1.29, 1.82) is 5.26 Å². The van der Waals surface area contributed by atoms with Crippen molar-refractivity contribution < 1.29 is 5.11 Å². The summed E-state index contributed by atoms with van der Waals surface area (Å²) in [5.74, 6) is 0.000880. The Balaban J connectivity index is 3.25. The number of nitrogens with zero attached hydrogens (tertiary/aromatic N) is 1. The molecule has 0 saturated heterocycles. The van der Waals surface area contributed by atoms with E-state index >= 15 is 0 Å². The summed E-state index contributed by atoms with van der Waals surface area (Å²) in [4.78, 5) is 0. The van der Waals surface area contributed by atoms with E-state index in [0.717, 1.165) is 0 Å². The van der Waals surface area contributed by atoms with Crippen LogP contribution >= 0.6 is 11.6 Å². The molecular weight excluding hydrogens is 150 g/mol. The molecule has 0 spiro atoms. The summed E-state index contributed by atoms with van der Waals surface area (Å²) in [6.07, 6.45) is 0. The maximum atomic E-state index is 8.83. The highest BCUT2D eigenvalue weighted by atomic mass is 35.5. The standard InChI is InChI=1S/C7H3ClNO/c8-7-2-1-6(10)3-5(7)4-9/h1,3,10H. The van der Waals surface area contributed by atoms with Crippen molar-refractivity contribution in [2.75, 3.05) is 0 Å². The molecule has 0 amide bonds. The molecule has 1 aromatic rings. The van der Waals surface area contributed by atoms with Gasteiger partial charge in [-0.05, 0) is 12.1 Å². The Hall–Kier alpha value is -1.20. The fourth-order valence-electron chi connectivity index (χ4n) is 0.549. The minimum absolute atomic E-state index is 0.000880. The average Bonchev–Trinajstić information content (AvgIpc) is 1.94. The summed E-state index contributed by atoms with van der Waals surface area (Å²) in [7, 11) is 0. The van der Waals surface area contributed by atoms with Gasteiger partial charge in [0, 0.05) is 6.07 Å². The van der Waals surface area contributed by atoms with Gasteiger partial charge in [-0.3, -0.25) is 0 Å². The van der Waals surface area contributed by atoms with Crippen LogP contribution in [-0.2, 0) is 0 Å². The van der Waals surface area contributed by atoms with E-state index in [0.29, 0.717) is 0 Å². The molecule has 0 aliphatic carbocycles. The first kappa shape index (κ1) is 6.91. The summed E-state index contributed by atoms with van der Waals surface area (Å²) in [6, 6.07) is 6.92. The van der Waals surface area contributed by atoms with Crippen LogP contribution in [-0.4, -0.2) is 5.11 Å².